The van der Waals surface area contributed by atoms with Gasteiger partial charge in [0.05, 0.1) is 28.8 Å². The monoisotopic (exact) mass is 625 g/mol. The van der Waals surface area contributed by atoms with Crippen molar-refractivity contribution in [3.63, 3.8) is 0 Å². The summed E-state index contributed by atoms with van der Waals surface area (Å²) >= 11 is 6.75. The number of pyridine rings is 1. The number of aromatic nitrogens is 4. The number of ether oxygens (including phenoxy) is 1. The summed E-state index contributed by atoms with van der Waals surface area (Å²) in [4.78, 5) is 17.9. The number of nitrogens with zero attached hydrogens (tertiary/aromatic N) is 5. The molecule has 2 aliphatic rings. The van der Waals surface area contributed by atoms with Gasteiger partial charge in [-0.05, 0) is 76.3 Å². The van der Waals surface area contributed by atoms with Crippen molar-refractivity contribution < 1.29 is 9.29 Å². The van der Waals surface area contributed by atoms with Gasteiger partial charge >= 0.3 is 0 Å². The number of fused-ring (bicyclic) bond motifs is 2. The number of aryl methyl sites for hydroxylation is 1. The second-order valence-electron chi connectivity index (χ2n) is 12.1. The van der Waals surface area contributed by atoms with Crippen molar-refractivity contribution in [2.24, 2.45) is 5.41 Å². The molecule has 6 rings (SSSR count). The van der Waals surface area contributed by atoms with Crippen LogP contribution in [0.2, 0.25) is 5.02 Å². The first-order valence-corrected chi connectivity index (χ1v) is 16.4. The van der Waals surface area contributed by atoms with E-state index in [1.807, 2.05) is 46.0 Å². The molecule has 12 heteroatoms. The second-order valence-corrected chi connectivity index (χ2v) is 15.5. The summed E-state index contributed by atoms with van der Waals surface area (Å²) in [6, 6.07) is 8.15. The first-order valence-electron chi connectivity index (χ1n) is 14.0. The zero-order valence-corrected chi connectivity index (χ0v) is 26.9. The SMILES string of the molecule is COc1ccc2c(c1)[C@@H](N[S+]([O-])C(C)(C)C)C1(CCN(c3nc(C)c(Sc4ccnc(N)c4Cl)c4nccn34)CC1)C2. The van der Waals surface area contributed by atoms with Crippen LogP contribution in [0, 0.1) is 12.3 Å². The number of nitrogen functional groups attached to an aromatic ring is 1. The average molecular weight is 626 g/mol. The van der Waals surface area contributed by atoms with Gasteiger partial charge in [0.1, 0.15) is 16.3 Å². The van der Waals surface area contributed by atoms with Crippen LogP contribution in [0.25, 0.3) is 5.65 Å². The molecule has 1 spiro atoms. The van der Waals surface area contributed by atoms with Gasteiger partial charge < -0.3 is 19.9 Å². The minimum atomic E-state index is -1.21. The first kappa shape index (κ1) is 29.4. The van der Waals surface area contributed by atoms with E-state index in [4.69, 9.17) is 32.0 Å². The number of hydrogen-bond donors (Lipinski definition) is 2. The van der Waals surface area contributed by atoms with E-state index in [0.29, 0.717) is 10.8 Å². The third-order valence-corrected chi connectivity index (χ3v) is 11.7. The highest BCUT2D eigenvalue weighted by Crippen LogP contribution is 2.53. The molecule has 3 aromatic heterocycles. The normalized spacial score (nSPS) is 18.9. The maximum absolute atomic E-state index is 13.4. The van der Waals surface area contributed by atoms with Gasteiger partial charge in [-0.15, -0.1) is 4.72 Å². The van der Waals surface area contributed by atoms with Gasteiger partial charge in [0.15, 0.2) is 5.65 Å². The van der Waals surface area contributed by atoms with Gasteiger partial charge in [-0.3, -0.25) is 4.40 Å². The molecule has 4 aromatic rings. The first-order chi connectivity index (χ1) is 20.0. The Morgan fingerprint density at radius 3 is 2.67 bits per heavy atom. The Kier molecular flexibility index (Phi) is 7.76. The molecule has 1 aromatic carbocycles. The molecule has 2 atom stereocenters. The molecule has 42 heavy (non-hydrogen) atoms. The summed E-state index contributed by atoms with van der Waals surface area (Å²) < 4.78 is 24.2. The molecular formula is C30H36ClN7O2S2. The number of hydrogen-bond acceptors (Lipinski definition) is 9. The van der Waals surface area contributed by atoms with Gasteiger partial charge in [-0.25, -0.2) is 15.0 Å². The summed E-state index contributed by atoms with van der Waals surface area (Å²) in [7, 11) is 1.69. The average Bonchev–Trinajstić information content (AvgIpc) is 3.55. The molecular weight excluding hydrogens is 590 g/mol. The summed E-state index contributed by atoms with van der Waals surface area (Å²) in [5.74, 6) is 2.00. The molecule has 0 amide bonds. The number of anilines is 2. The number of imidazole rings is 1. The van der Waals surface area contributed by atoms with E-state index in [9.17, 15) is 4.55 Å². The Morgan fingerprint density at radius 2 is 1.95 bits per heavy atom. The van der Waals surface area contributed by atoms with E-state index >= 15 is 0 Å². The molecule has 0 bridgehead atoms. The van der Waals surface area contributed by atoms with Gasteiger partial charge in [0.2, 0.25) is 5.95 Å². The lowest BCUT2D eigenvalue weighted by Crippen LogP contribution is -2.50. The number of rotatable bonds is 6. The molecule has 4 heterocycles. The third-order valence-electron chi connectivity index (χ3n) is 8.39. The Hall–Kier alpha value is -2.70. The fourth-order valence-electron chi connectivity index (χ4n) is 6.05. The van der Waals surface area contributed by atoms with Crippen LogP contribution in [-0.4, -0.2) is 48.9 Å². The highest BCUT2D eigenvalue weighted by Gasteiger charge is 2.51. The van der Waals surface area contributed by atoms with Crippen LogP contribution >= 0.6 is 23.4 Å². The maximum Gasteiger partial charge on any atom is 0.211 e. The summed E-state index contributed by atoms with van der Waals surface area (Å²) in [5, 5.41) is 0.433. The summed E-state index contributed by atoms with van der Waals surface area (Å²) in [5.41, 5.74) is 10.1. The van der Waals surface area contributed by atoms with Crippen LogP contribution in [0.5, 0.6) is 5.75 Å². The predicted octanol–water partition coefficient (Wildman–Crippen LogP) is 5.76. The minimum absolute atomic E-state index is 0.0240. The number of methoxy groups -OCH3 is 1. The van der Waals surface area contributed by atoms with Crippen molar-refractivity contribution in [3.05, 3.63) is 64.7 Å². The molecule has 9 nitrogen and oxygen atoms in total. The lowest BCUT2D eigenvalue weighted by Gasteiger charge is -2.44. The fraction of sp³-hybridized carbons (Fsp3) is 0.433. The Balaban J connectivity index is 1.29. The zero-order valence-electron chi connectivity index (χ0n) is 24.5. The fourth-order valence-corrected chi connectivity index (χ4v) is 8.20. The van der Waals surface area contributed by atoms with Crippen LogP contribution in [0.15, 0.2) is 52.6 Å². The quantitative estimate of drug-likeness (QED) is 0.258. The molecule has 3 N–H and O–H groups in total. The van der Waals surface area contributed by atoms with E-state index in [-0.39, 0.29) is 16.2 Å². The van der Waals surface area contributed by atoms with E-state index in [1.165, 1.54) is 22.9 Å². The number of nitrogens with two attached hydrogens (primary N) is 1. The zero-order chi connectivity index (χ0) is 29.8. The molecule has 1 aliphatic carbocycles. The number of benzene rings is 1. The van der Waals surface area contributed by atoms with Crippen molar-refractivity contribution in [1.82, 2.24) is 24.1 Å². The minimum Gasteiger partial charge on any atom is -0.598 e. The Bertz CT molecular complexity index is 1630. The topological polar surface area (TPSA) is 117 Å². The number of halogens is 1. The van der Waals surface area contributed by atoms with Crippen LogP contribution < -0.4 is 20.1 Å². The molecule has 1 unspecified atom stereocenters. The summed E-state index contributed by atoms with van der Waals surface area (Å²) in [6.45, 7) is 9.69. The second kappa shape index (κ2) is 11.1. The van der Waals surface area contributed by atoms with Gasteiger partial charge in [-0.1, -0.05) is 29.4 Å². The lowest BCUT2D eigenvalue weighted by atomic mass is 9.73. The largest absolute Gasteiger partial charge is 0.598 e. The van der Waals surface area contributed by atoms with E-state index < -0.39 is 11.4 Å². The van der Waals surface area contributed by atoms with E-state index in [2.05, 4.69) is 31.1 Å². The van der Waals surface area contributed by atoms with E-state index in [1.54, 1.807) is 19.5 Å². The molecule has 0 radical (unpaired) electrons. The van der Waals surface area contributed by atoms with Crippen LogP contribution in [0.3, 0.4) is 0 Å². The third kappa shape index (κ3) is 5.19. The Morgan fingerprint density at radius 1 is 1.19 bits per heavy atom. The van der Waals surface area contributed by atoms with Crippen molar-refractivity contribution >= 4 is 52.1 Å². The van der Waals surface area contributed by atoms with Crippen molar-refractivity contribution in [3.8, 4) is 5.75 Å². The molecule has 1 saturated heterocycles. The lowest BCUT2D eigenvalue weighted by molar-refractivity contribution is 0.175. The molecule has 222 valence electrons. The molecule has 1 fully saturated rings. The highest BCUT2D eigenvalue weighted by molar-refractivity contribution is 7.99. The van der Waals surface area contributed by atoms with Crippen molar-refractivity contribution in [2.75, 3.05) is 30.8 Å². The van der Waals surface area contributed by atoms with Crippen LogP contribution in [0.1, 0.15) is 56.5 Å². The smallest absolute Gasteiger partial charge is 0.211 e. The standard InChI is InChI=1S/C30H36ClN7O2S2/c1-18-24(41-22-8-11-33-26(32)23(22)31)27-34-12-15-38(27)28(35-18)37-13-9-30(10-14-37)17-19-6-7-20(40-5)16-21(19)25(30)36-42(39)29(2,3)4/h6-8,11-12,15-16,25,36H,9-10,13-14,17H2,1-5H3,(H2,32,33)/t25-,42?/m1/s1. The van der Waals surface area contributed by atoms with Gasteiger partial charge in [0, 0.05) is 53.4 Å². The highest BCUT2D eigenvalue weighted by atomic mass is 35.5. The van der Waals surface area contributed by atoms with Crippen molar-refractivity contribution in [1.29, 1.82) is 0 Å². The van der Waals surface area contributed by atoms with Crippen LogP contribution in [0.4, 0.5) is 11.8 Å². The number of piperidine rings is 1. The van der Waals surface area contributed by atoms with Crippen LogP contribution in [-0.2, 0) is 17.8 Å². The molecule has 0 saturated carbocycles. The summed E-state index contributed by atoms with van der Waals surface area (Å²) in [6.07, 6.45) is 8.23. The maximum atomic E-state index is 13.4. The Labute approximate surface area is 258 Å². The van der Waals surface area contributed by atoms with Gasteiger partial charge in [0.25, 0.3) is 0 Å². The van der Waals surface area contributed by atoms with Gasteiger partial charge in [-0.2, -0.15) is 0 Å². The predicted molar refractivity (Wildman–Crippen MR) is 170 cm³/mol. The number of nitrogens with one attached hydrogen (secondary N) is 1. The molecule has 1 aliphatic heterocycles. The van der Waals surface area contributed by atoms with E-state index in [0.717, 1.165) is 65.2 Å². The van der Waals surface area contributed by atoms with Crippen molar-refractivity contribution in [2.45, 2.75) is 67.5 Å².